The number of nitrogens with two attached hydrogens (primary N) is 1. The summed E-state index contributed by atoms with van der Waals surface area (Å²) in [6, 6.07) is 22.3. The molecule has 5 rings (SSSR count). The van der Waals surface area contributed by atoms with Crippen LogP contribution in [0.15, 0.2) is 88.5 Å². The lowest BCUT2D eigenvalue weighted by atomic mass is 9.70. The van der Waals surface area contributed by atoms with Crippen molar-refractivity contribution < 1.29 is 19.2 Å². The summed E-state index contributed by atoms with van der Waals surface area (Å²) in [7, 11) is 0. The van der Waals surface area contributed by atoms with Crippen LogP contribution in [-0.4, -0.2) is 32.5 Å². The highest BCUT2D eigenvalue weighted by atomic mass is 16.6. The van der Waals surface area contributed by atoms with Crippen LogP contribution < -0.4 is 17.0 Å². The number of aromatic nitrogens is 2. The van der Waals surface area contributed by atoms with Gasteiger partial charge in [0.2, 0.25) is 5.91 Å². The fourth-order valence-electron chi connectivity index (χ4n) is 5.80. The molecule has 0 bridgehead atoms. The van der Waals surface area contributed by atoms with E-state index in [1.54, 1.807) is 36.4 Å². The van der Waals surface area contributed by atoms with E-state index in [0.29, 0.717) is 35.7 Å². The van der Waals surface area contributed by atoms with E-state index in [2.05, 4.69) is 0 Å². The third-order valence-electron chi connectivity index (χ3n) is 8.35. The number of carbonyl (C=O) groups excluding carboxylic acids is 2. The number of rotatable bonds is 10. The highest BCUT2D eigenvalue weighted by molar-refractivity contribution is 6.02. The van der Waals surface area contributed by atoms with Gasteiger partial charge in [0.25, 0.3) is 11.2 Å². The number of esters is 1. The van der Waals surface area contributed by atoms with Crippen LogP contribution in [0, 0.1) is 21.4 Å². The molecule has 1 aromatic heterocycles. The average Bonchev–Trinajstić information content (AvgIpc) is 3.02. The number of nitrogens with zero attached hydrogens (tertiary/aromatic N) is 3. The summed E-state index contributed by atoms with van der Waals surface area (Å²) in [6.07, 6.45) is 1.64. The van der Waals surface area contributed by atoms with Gasteiger partial charge in [0.1, 0.15) is 5.41 Å². The van der Waals surface area contributed by atoms with Gasteiger partial charge in [-0.2, -0.15) is 0 Å². The zero-order valence-electron chi connectivity index (χ0n) is 23.5. The monoisotopic (exact) mass is 584 g/mol. The molecule has 2 N–H and O–H groups in total. The van der Waals surface area contributed by atoms with Crippen LogP contribution in [0.25, 0.3) is 10.9 Å². The van der Waals surface area contributed by atoms with E-state index in [1.165, 1.54) is 21.3 Å². The van der Waals surface area contributed by atoms with Gasteiger partial charge in [-0.25, -0.2) is 4.79 Å². The second kappa shape index (κ2) is 12.4. The van der Waals surface area contributed by atoms with E-state index in [-0.39, 0.29) is 44.1 Å². The molecule has 0 spiro atoms. The molecule has 11 heteroatoms. The van der Waals surface area contributed by atoms with Crippen molar-refractivity contribution in [3.05, 3.63) is 121 Å². The predicted molar refractivity (Wildman–Crippen MR) is 159 cm³/mol. The van der Waals surface area contributed by atoms with E-state index in [0.717, 1.165) is 5.56 Å². The molecule has 1 fully saturated rings. The molecule has 0 radical (unpaired) electrons. The van der Waals surface area contributed by atoms with Gasteiger partial charge in [0.05, 0.1) is 29.0 Å². The van der Waals surface area contributed by atoms with Crippen molar-refractivity contribution >= 4 is 28.5 Å². The number of para-hydroxylation sites is 1. The van der Waals surface area contributed by atoms with E-state index in [1.807, 2.05) is 30.3 Å². The Kier molecular flexibility index (Phi) is 8.51. The Hall–Kier alpha value is -5.06. The number of carbonyl (C=O) groups is 2. The first-order chi connectivity index (χ1) is 20.7. The molecule has 43 heavy (non-hydrogen) atoms. The standard InChI is InChI=1S/C32H32N4O7/c33-29(38)32(30(39)43-19-16-22-6-2-1-3-7-22)17-14-24(15-18-32)21-35-28(37)26-8-4-5-9-27(26)34(31(35)40)20-23-10-12-25(13-11-23)36(41)42/h1-13,24H,14-21H2,(H2,33,38). The largest absolute Gasteiger partial charge is 0.465 e. The van der Waals surface area contributed by atoms with Crippen LogP contribution >= 0.6 is 0 Å². The van der Waals surface area contributed by atoms with Crippen LogP contribution in [0.1, 0.15) is 36.8 Å². The first-order valence-electron chi connectivity index (χ1n) is 14.2. The lowest BCUT2D eigenvalue weighted by Gasteiger charge is -2.35. The maximum absolute atomic E-state index is 13.7. The number of nitro groups is 1. The van der Waals surface area contributed by atoms with E-state index < -0.39 is 33.5 Å². The SMILES string of the molecule is NC(=O)C1(C(=O)OCCc2ccccc2)CCC(Cn2c(=O)c3ccccc3n(Cc3ccc([N+](=O)[O-])cc3)c2=O)CC1. The summed E-state index contributed by atoms with van der Waals surface area (Å²) in [5.74, 6) is -1.52. The Bertz CT molecular complexity index is 1770. The fourth-order valence-corrected chi connectivity index (χ4v) is 5.80. The lowest BCUT2D eigenvalue weighted by Crippen LogP contribution is -2.48. The van der Waals surface area contributed by atoms with Crippen molar-refractivity contribution in [1.82, 2.24) is 9.13 Å². The molecule has 222 valence electrons. The molecule has 0 unspecified atom stereocenters. The molecule has 1 amide bonds. The highest BCUT2D eigenvalue weighted by Gasteiger charge is 2.48. The zero-order valence-corrected chi connectivity index (χ0v) is 23.5. The van der Waals surface area contributed by atoms with Gasteiger partial charge < -0.3 is 10.5 Å². The first kappa shape index (κ1) is 29.4. The Labute approximate surface area is 246 Å². The minimum absolute atomic E-state index is 0.0599. The second-order valence-corrected chi connectivity index (χ2v) is 11.0. The molecule has 11 nitrogen and oxygen atoms in total. The maximum Gasteiger partial charge on any atom is 0.331 e. The Morgan fingerprint density at radius 2 is 1.56 bits per heavy atom. The summed E-state index contributed by atoms with van der Waals surface area (Å²) in [5, 5.41) is 11.4. The van der Waals surface area contributed by atoms with Gasteiger partial charge in [0, 0.05) is 25.1 Å². The van der Waals surface area contributed by atoms with Crippen molar-refractivity contribution in [3.63, 3.8) is 0 Å². The predicted octanol–water partition coefficient (Wildman–Crippen LogP) is 3.57. The van der Waals surface area contributed by atoms with E-state index in [4.69, 9.17) is 10.5 Å². The number of primary amides is 1. The van der Waals surface area contributed by atoms with Crippen molar-refractivity contribution in [2.45, 2.75) is 45.2 Å². The molecule has 4 aromatic rings. The van der Waals surface area contributed by atoms with Gasteiger partial charge in [-0.1, -0.05) is 54.6 Å². The zero-order chi connectivity index (χ0) is 30.6. The molecule has 3 aromatic carbocycles. The topological polar surface area (TPSA) is 157 Å². The molecule has 1 aliphatic carbocycles. The normalized spacial score (nSPS) is 18.3. The third kappa shape index (κ3) is 6.11. The molecular formula is C32H32N4O7. The summed E-state index contributed by atoms with van der Waals surface area (Å²) < 4.78 is 8.18. The maximum atomic E-state index is 13.7. The average molecular weight is 585 g/mol. The summed E-state index contributed by atoms with van der Waals surface area (Å²) in [5.41, 5.74) is 5.42. The second-order valence-electron chi connectivity index (χ2n) is 11.0. The number of non-ortho nitro benzene ring substituents is 1. The van der Waals surface area contributed by atoms with Crippen LogP contribution in [0.4, 0.5) is 5.69 Å². The molecule has 0 aliphatic heterocycles. The minimum atomic E-state index is -1.45. The molecular weight excluding hydrogens is 552 g/mol. The molecule has 1 saturated carbocycles. The molecule has 1 heterocycles. The van der Waals surface area contributed by atoms with Gasteiger partial charge in [-0.05, 0) is 54.9 Å². The van der Waals surface area contributed by atoms with Gasteiger partial charge >= 0.3 is 11.7 Å². The van der Waals surface area contributed by atoms with Gasteiger partial charge in [-0.15, -0.1) is 0 Å². The summed E-state index contributed by atoms with van der Waals surface area (Å²) >= 11 is 0. The molecule has 0 atom stereocenters. The Morgan fingerprint density at radius 3 is 2.21 bits per heavy atom. The highest BCUT2D eigenvalue weighted by Crippen LogP contribution is 2.40. The van der Waals surface area contributed by atoms with Crippen LogP contribution in [0.5, 0.6) is 0 Å². The number of hydrogen-bond acceptors (Lipinski definition) is 7. The van der Waals surface area contributed by atoms with E-state index >= 15 is 0 Å². The first-order valence-corrected chi connectivity index (χ1v) is 14.2. The number of ether oxygens (including phenoxy) is 1. The quantitative estimate of drug-likeness (QED) is 0.129. The van der Waals surface area contributed by atoms with Gasteiger partial charge in [0.15, 0.2) is 0 Å². The van der Waals surface area contributed by atoms with E-state index in [9.17, 15) is 29.3 Å². The summed E-state index contributed by atoms with van der Waals surface area (Å²) in [4.78, 5) is 63.3. The number of hydrogen-bond donors (Lipinski definition) is 1. The number of fused-ring (bicyclic) bond motifs is 1. The number of nitro benzene ring substituents is 1. The lowest BCUT2D eigenvalue weighted by molar-refractivity contribution is -0.384. The van der Waals surface area contributed by atoms with Gasteiger partial charge in [-0.3, -0.25) is 33.6 Å². The number of amides is 1. The van der Waals surface area contributed by atoms with Crippen molar-refractivity contribution in [2.24, 2.45) is 17.1 Å². The van der Waals surface area contributed by atoms with Crippen LogP contribution in [0.2, 0.25) is 0 Å². The summed E-state index contributed by atoms with van der Waals surface area (Å²) in [6.45, 7) is 0.352. The van der Waals surface area contributed by atoms with Crippen LogP contribution in [-0.2, 0) is 33.8 Å². The molecule has 0 saturated heterocycles. The van der Waals surface area contributed by atoms with Crippen molar-refractivity contribution in [1.29, 1.82) is 0 Å². The van der Waals surface area contributed by atoms with Crippen molar-refractivity contribution in [2.75, 3.05) is 6.61 Å². The van der Waals surface area contributed by atoms with Crippen molar-refractivity contribution in [3.8, 4) is 0 Å². The number of benzene rings is 3. The fraction of sp³-hybridized carbons (Fsp3) is 0.312. The third-order valence-corrected chi connectivity index (χ3v) is 8.35. The smallest absolute Gasteiger partial charge is 0.331 e. The Morgan fingerprint density at radius 1 is 0.907 bits per heavy atom. The Balaban J connectivity index is 1.34. The minimum Gasteiger partial charge on any atom is -0.465 e. The molecule has 1 aliphatic rings. The van der Waals surface area contributed by atoms with Crippen LogP contribution in [0.3, 0.4) is 0 Å².